The molecule has 0 bridgehead atoms. The fourth-order valence-corrected chi connectivity index (χ4v) is 4.08. The van der Waals surface area contributed by atoms with Crippen molar-refractivity contribution in [2.24, 2.45) is 5.92 Å². The van der Waals surface area contributed by atoms with E-state index in [0.717, 1.165) is 35.4 Å². The Bertz CT molecular complexity index is 720. The van der Waals surface area contributed by atoms with Crippen LogP contribution in [0.5, 0.6) is 0 Å². The SMILES string of the molecule is CSC[C@@H](CN(C)Cc1c[nH]c2c(N)ncnc12)[C@@H]1COC(C)(C)O1. The zero-order valence-electron chi connectivity index (χ0n) is 15.3. The lowest BCUT2D eigenvalue weighted by Crippen LogP contribution is -2.36. The molecule has 7 nitrogen and oxygen atoms in total. The highest BCUT2D eigenvalue weighted by atomic mass is 32.2. The molecule has 1 fully saturated rings. The molecule has 1 aliphatic rings. The first-order chi connectivity index (χ1) is 11.9. The van der Waals surface area contributed by atoms with Crippen LogP contribution in [0.3, 0.4) is 0 Å². The molecule has 0 spiro atoms. The number of hydrogen-bond acceptors (Lipinski definition) is 7. The lowest BCUT2D eigenvalue weighted by atomic mass is 10.0. The second-order valence-corrected chi connectivity index (χ2v) is 7.99. The molecule has 8 heteroatoms. The predicted molar refractivity (Wildman–Crippen MR) is 101 cm³/mol. The van der Waals surface area contributed by atoms with E-state index >= 15 is 0 Å². The highest BCUT2D eigenvalue weighted by Crippen LogP contribution is 2.29. The summed E-state index contributed by atoms with van der Waals surface area (Å²) >= 11 is 1.85. The van der Waals surface area contributed by atoms with E-state index < -0.39 is 5.79 Å². The van der Waals surface area contributed by atoms with Crippen molar-refractivity contribution < 1.29 is 9.47 Å². The minimum Gasteiger partial charge on any atom is -0.382 e. The van der Waals surface area contributed by atoms with Gasteiger partial charge in [0.1, 0.15) is 11.8 Å². The molecule has 0 unspecified atom stereocenters. The van der Waals surface area contributed by atoms with E-state index in [2.05, 4.69) is 33.2 Å². The van der Waals surface area contributed by atoms with Crippen molar-refractivity contribution in [1.82, 2.24) is 19.9 Å². The number of rotatable bonds is 7. The topological polar surface area (TPSA) is 89.3 Å². The normalized spacial score (nSPS) is 21.2. The maximum atomic E-state index is 6.08. The lowest BCUT2D eigenvalue weighted by molar-refractivity contribution is -0.144. The summed E-state index contributed by atoms with van der Waals surface area (Å²) in [4.78, 5) is 13.9. The average molecular weight is 366 g/mol. The van der Waals surface area contributed by atoms with E-state index in [4.69, 9.17) is 15.2 Å². The first-order valence-corrected chi connectivity index (χ1v) is 9.84. The first kappa shape index (κ1) is 18.4. The molecule has 0 saturated carbocycles. The maximum Gasteiger partial charge on any atom is 0.163 e. The van der Waals surface area contributed by atoms with Crippen LogP contribution in [0, 0.1) is 5.92 Å². The number of aromatic amines is 1. The number of thioether (sulfide) groups is 1. The number of nitrogens with zero attached hydrogens (tertiary/aromatic N) is 3. The Hall–Kier alpha value is -1.35. The van der Waals surface area contributed by atoms with E-state index in [0.29, 0.717) is 18.3 Å². The van der Waals surface area contributed by atoms with Gasteiger partial charge in [-0.1, -0.05) is 0 Å². The standard InChI is InChI=1S/C17H27N5O2S/c1-17(2)23-8-13(24-17)12(9-25-4)7-22(3)6-11-5-19-15-14(11)20-10-21-16(15)18/h5,10,12-13,19H,6-9H2,1-4H3,(H2,18,20,21)/t12-,13+/m1/s1. The zero-order valence-corrected chi connectivity index (χ0v) is 16.1. The molecule has 0 amide bonds. The van der Waals surface area contributed by atoms with Crippen LogP contribution < -0.4 is 5.73 Å². The smallest absolute Gasteiger partial charge is 0.163 e. The summed E-state index contributed by atoms with van der Waals surface area (Å²) in [5, 5.41) is 0. The van der Waals surface area contributed by atoms with Crippen LogP contribution >= 0.6 is 11.8 Å². The van der Waals surface area contributed by atoms with Crippen molar-refractivity contribution in [2.45, 2.75) is 32.3 Å². The Labute approximate surface area is 152 Å². The third-order valence-corrected chi connectivity index (χ3v) is 5.26. The number of nitrogen functional groups attached to an aromatic ring is 1. The molecule has 2 aromatic rings. The van der Waals surface area contributed by atoms with Crippen molar-refractivity contribution in [1.29, 1.82) is 0 Å². The largest absolute Gasteiger partial charge is 0.382 e. The van der Waals surface area contributed by atoms with E-state index in [-0.39, 0.29) is 6.10 Å². The summed E-state index contributed by atoms with van der Waals surface area (Å²) in [5.41, 5.74) is 8.72. The number of H-pyrrole nitrogens is 1. The van der Waals surface area contributed by atoms with Gasteiger partial charge in [0.05, 0.1) is 18.2 Å². The monoisotopic (exact) mass is 365 g/mol. The van der Waals surface area contributed by atoms with Crippen LogP contribution in [0.15, 0.2) is 12.5 Å². The van der Waals surface area contributed by atoms with Crippen molar-refractivity contribution >= 4 is 28.6 Å². The van der Waals surface area contributed by atoms with Crippen molar-refractivity contribution in [3.05, 3.63) is 18.1 Å². The van der Waals surface area contributed by atoms with E-state index in [1.807, 2.05) is 31.8 Å². The summed E-state index contributed by atoms with van der Waals surface area (Å²) in [7, 11) is 2.12. The van der Waals surface area contributed by atoms with Gasteiger partial charge in [0.25, 0.3) is 0 Å². The van der Waals surface area contributed by atoms with E-state index in [1.54, 1.807) is 0 Å². The number of ether oxygens (including phenoxy) is 2. The van der Waals surface area contributed by atoms with Gasteiger partial charge in [-0.2, -0.15) is 11.8 Å². The van der Waals surface area contributed by atoms with Gasteiger partial charge in [0, 0.05) is 30.8 Å². The summed E-state index contributed by atoms with van der Waals surface area (Å²) in [6.45, 7) is 6.32. The molecule has 0 radical (unpaired) electrons. The average Bonchev–Trinajstić information content (AvgIpc) is 3.11. The quantitative estimate of drug-likeness (QED) is 0.776. The van der Waals surface area contributed by atoms with Crippen LogP contribution in [0.25, 0.3) is 11.0 Å². The lowest BCUT2D eigenvalue weighted by Gasteiger charge is -2.28. The van der Waals surface area contributed by atoms with E-state index in [9.17, 15) is 0 Å². The highest BCUT2D eigenvalue weighted by molar-refractivity contribution is 7.98. The van der Waals surface area contributed by atoms with Gasteiger partial charge in [-0.05, 0) is 32.9 Å². The van der Waals surface area contributed by atoms with Gasteiger partial charge < -0.3 is 25.1 Å². The summed E-state index contributed by atoms with van der Waals surface area (Å²) in [6.07, 6.45) is 5.74. The Kier molecular flexibility index (Phi) is 5.52. The zero-order chi connectivity index (χ0) is 18.0. The van der Waals surface area contributed by atoms with Crippen LogP contribution in [0.2, 0.25) is 0 Å². The third-order valence-electron chi connectivity index (χ3n) is 4.49. The highest BCUT2D eigenvalue weighted by Gasteiger charge is 2.37. The van der Waals surface area contributed by atoms with E-state index in [1.165, 1.54) is 6.33 Å². The molecule has 3 N–H and O–H groups in total. The molecular formula is C17H27N5O2S. The maximum absolute atomic E-state index is 6.08. The number of nitrogens with one attached hydrogen (secondary N) is 1. The van der Waals surface area contributed by atoms with Crippen LogP contribution in [0.1, 0.15) is 19.4 Å². The molecule has 25 heavy (non-hydrogen) atoms. The van der Waals surface area contributed by atoms with Crippen LogP contribution in [-0.4, -0.2) is 64.0 Å². The number of aromatic nitrogens is 3. The molecule has 0 aliphatic carbocycles. The summed E-state index contributed by atoms with van der Waals surface area (Å²) in [5.74, 6) is 1.45. The molecule has 1 aliphatic heterocycles. The summed E-state index contributed by atoms with van der Waals surface area (Å²) in [6, 6.07) is 0. The fourth-order valence-electron chi connectivity index (χ4n) is 3.33. The molecule has 2 aromatic heterocycles. The van der Waals surface area contributed by atoms with Gasteiger partial charge in [0.15, 0.2) is 11.6 Å². The summed E-state index contributed by atoms with van der Waals surface area (Å²) < 4.78 is 11.8. The van der Waals surface area contributed by atoms with Crippen molar-refractivity contribution in [2.75, 3.05) is 37.9 Å². The number of nitrogens with two attached hydrogens (primary N) is 1. The number of hydrogen-bond donors (Lipinski definition) is 2. The molecule has 138 valence electrons. The third kappa shape index (κ3) is 4.25. The molecule has 3 rings (SSSR count). The van der Waals surface area contributed by atoms with Crippen molar-refractivity contribution in [3.63, 3.8) is 0 Å². The second kappa shape index (κ2) is 7.49. The minimum absolute atomic E-state index is 0.130. The second-order valence-electron chi connectivity index (χ2n) is 7.08. The van der Waals surface area contributed by atoms with Gasteiger partial charge in [0.2, 0.25) is 0 Å². The Morgan fingerprint density at radius 3 is 2.96 bits per heavy atom. The van der Waals surface area contributed by atoms with Crippen LogP contribution in [-0.2, 0) is 16.0 Å². The molecule has 0 aromatic carbocycles. The van der Waals surface area contributed by atoms with Crippen LogP contribution in [0.4, 0.5) is 5.82 Å². The van der Waals surface area contributed by atoms with Gasteiger partial charge in [-0.15, -0.1) is 0 Å². The fraction of sp³-hybridized carbons (Fsp3) is 0.647. The van der Waals surface area contributed by atoms with Gasteiger partial charge in [-0.3, -0.25) is 0 Å². The molecule has 3 heterocycles. The van der Waals surface area contributed by atoms with Gasteiger partial charge in [-0.25, -0.2) is 9.97 Å². The predicted octanol–water partition coefficient (Wildman–Crippen LogP) is 2.10. The molecule has 2 atom stereocenters. The Morgan fingerprint density at radius 1 is 1.48 bits per heavy atom. The Morgan fingerprint density at radius 2 is 2.28 bits per heavy atom. The minimum atomic E-state index is -0.481. The number of anilines is 1. The van der Waals surface area contributed by atoms with Crippen molar-refractivity contribution in [3.8, 4) is 0 Å². The Balaban J connectivity index is 1.67. The molecular weight excluding hydrogens is 338 g/mol. The van der Waals surface area contributed by atoms with Gasteiger partial charge >= 0.3 is 0 Å². The number of fused-ring (bicyclic) bond motifs is 1. The molecule has 1 saturated heterocycles. The first-order valence-electron chi connectivity index (χ1n) is 8.45.